The van der Waals surface area contributed by atoms with Crippen LogP contribution in [0.2, 0.25) is 0 Å². The summed E-state index contributed by atoms with van der Waals surface area (Å²) in [6.45, 7) is 0. The first-order valence-electron chi connectivity index (χ1n) is 4.43. The largest absolute Gasteiger partial charge is 0.364 e. The Labute approximate surface area is 86.5 Å². The van der Waals surface area contributed by atoms with E-state index in [0.717, 1.165) is 5.69 Å². The van der Waals surface area contributed by atoms with Gasteiger partial charge in [-0.2, -0.15) is 4.79 Å². The molecule has 0 atom stereocenters. The Bertz CT molecular complexity index is 463. The van der Waals surface area contributed by atoms with Gasteiger partial charge < -0.3 is 5.73 Å². The third-order valence-electron chi connectivity index (χ3n) is 1.86. The third kappa shape index (κ3) is 2.14. The predicted octanol–water partition coefficient (Wildman–Crippen LogP) is 0.857. The molecule has 1 heterocycles. The molecule has 0 spiro atoms. The SMILES string of the molecule is NC(=O)c1ccn(Nc2ccccc2)n1. The van der Waals surface area contributed by atoms with Gasteiger partial charge in [0.2, 0.25) is 0 Å². The number of benzene rings is 1. The Morgan fingerprint density at radius 1 is 1.27 bits per heavy atom. The van der Waals surface area contributed by atoms with Crippen molar-refractivity contribution in [1.29, 1.82) is 0 Å². The number of nitrogens with zero attached hydrogens (tertiary/aromatic N) is 2. The first-order valence-corrected chi connectivity index (χ1v) is 4.43. The van der Waals surface area contributed by atoms with E-state index in [4.69, 9.17) is 5.73 Å². The van der Waals surface area contributed by atoms with Gasteiger partial charge in [0.1, 0.15) is 0 Å². The number of carbonyl (C=O) groups excluding carboxylic acids is 1. The molecule has 76 valence electrons. The summed E-state index contributed by atoms with van der Waals surface area (Å²) in [6.07, 6.45) is 1.63. The Hall–Kier alpha value is -2.30. The second-order valence-electron chi connectivity index (χ2n) is 2.99. The van der Waals surface area contributed by atoms with Crippen LogP contribution >= 0.6 is 0 Å². The van der Waals surface area contributed by atoms with E-state index in [9.17, 15) is 4.79 Å². The number of carbonyl (C=O) groups is 1. The molecule has 15 heavy (non-hydrogen) atoms. The molecule has 0 aliphatic heterocycles. The van der Waals surface area contributed by atoms with Crippen LogP contribution in [0.5, 0.6) is 0 Å². The average Bonchev–Trinajstić information content (AvgIpc) is 2.68. The predicted molar refractivity (Wildman–Crippen MR) is 56.2 cm³/mol. The molecule has 0 aliphatic carbocycles. The van der Waals surface area contributed by atoms with Gasteiger partial charge in [-0.3, -0.25) is 10.2 Å². The minimum absolute atomic E-state index is 0.235. The first-order chi connectivity index (χ1) is 7.25. The van der Waals surface area contributed by atoms with Crippen LogP contribution in [0.25, 0.3) is 0 Å². The van der Waals surface area contributed by atoms with Crippen LogP contribution in [-0.4, -0.2) is 15.8 Å². The number of hydrogen-bond acceptors (Lipinski definition) is 3. The molecule has 2 aromatic rings. The van der Waals surface area contributed by atoms with Gasteiger partial charge in [-0.25, -0.2) is 0 Å². The van der Waals surface area contributed by atoms with Crippen LogP contribution in [0.3, 0.4) is 0 Å². The van der Waals surface area contributed by atoms with E-state index >= 15 is 0 Å². The van der Waals surface area contributed by atoms with Gasteiger partial charge in [-0.15, -0.1) is 5.10 Å². The molecule has 0 bridgehead atoms. The van der Waals surface area contributed by atoms with Gasteiger partial charge in [0.15, 0.2) is 5.69 Å². The van der Waals surface area contributed by atoms with E-state index < -0.39 is 5.91 Å². The van der Waals surface area contributed by atoms with Gasteiger partial charge in [0.25, 0.3) is 5.91 Å². The van der Waals surface area contributed by atoms with Gasteiger partial charge in [-0.1, -0.05) is 18.2 Å². The lowest BCUT2D eigenvalue weighted by molar-refractivity contribution is 0.0995. The van der Waals surface area contributed by atoms with Crippen molar-refractivity contribution >= 4 is 11.6 Å². The van der Waals surface area contributed by atoms with E-state index in [2.05, 4.69) is 10.5 Å². The van der Waals surface area contributed by atoms with Crippen LogP contribution in [-0.2, 0) is 0 Å². The highest BCUT2D eigenvalue weighted by molar-refractivity contribution is 5.90. The Morgan fingerprint density at radius 3 is 2.60 bits per heavy atom. The summed E-state index contributed by atoms with van der Waals surface area (Å²) in [4.78, 5) is 12.2. The Morgan fingerprint density at radius 2 is 2.00 bits per heavy atom. The minimum Gasteiger partial charge on any atom is -0.364 e. The second-order valence-corrected chi connectivity index (χ2v) is 2.99. The van der Waals surface area contributed by atoms with Gasteiger partial charge in [-0.05, 0) is 18.2 Å². The fraction of sp³-hybridized carbons (Fsp3) is 0. The molecule has 0 fully saturated rings. The molecule has 1 aromatic carbocycles. The molecule has 3 N–H and O–H groups in total. The number of nitrogens with two attached hydrogens (primary N) is 1. The van der Waals surface area contributed by atoms with Crippen molar-refractivity contribution in [2.75, 3.05) is 5.43 Å². The molecule has 5 nitrogen and oxygen atoms in total. The van der Waals surface area contributed by atoms with Gasteiger partial charge >= 0.3 is 0 Å². The van der Waals surface area contributed by atoms with E-state index in [-0.39, 0.29) is 5.69 Å². The van der Waals surface area contributed by atoms with E-state index in [1.807, 2.05) is 30.3 Å². The zero-order valence-electron chi connectivity index (χ0n) is 7.92. The molecule has 1 amide bonds. The van der Waals surface area contributed by atoms with E-state index in [0.29, 0.717) is 0 Å². The molecule has 0 aliphatic rings. The van der Waals surface area contributed by atoms with Gasteiger partial charge in [0.05, 0.1) is 5.69 Å². The maximum atomic E-state index is 10.8. The summed E-state index contributed by atoms with van der Waals surface area (Å²) < 4.78 is 0. The van der Waals surface area contributed by atoms with Gasteiger partial charge in [0, 0.05) is 6.20 Å². The number of rotatable bonds is 3. The van der Waals surface area contributed by atoms with Crippen LogP contribution < -0.4 is 11.2 Å². The highest BCUT2D eigenvalue weighted by Crippen LogP contribution is 2.05. The number of hydrogen-bond donors (Lipinski definition) is 2. The summed E-state index contributed by atoms with van der Waals surface area (Å²) in [7, 11) is 0. The molecule has 5 heteroatoms. The number of para-hydroxylation sites is 1. The van der Waals surface area contributed by atoms with Crippen LogP contribution in [0.4, 0.5) is 5.69 Å². The molecule has 0 saturated carbocycles. The van der Waals surface area contributed by atoms with Crippen molar-refractivity contribution in [3.05, 3.63) is 48.3 Å². The summed E-state index contributed by atoms with van der Waals surface area (Å²) in [5.41, 5.74) is 9.18. The van der Waals surface area contributed by atoms with E-state index in [1.165, 1.54) is 4.79 Å². The van der Waals surface area contributed by atoms with Crippen molar-refractivity contribution in [1.82, 2.24) is 9.89 Å². The number of amides is 1. The van der Waals surface area contributed by atoms with E-state index in [1.54, 1.807) is 12.3 Å². The van der Waals surface area contributed by atoms with Crippen LogP contribution in [0, 0.1) is 0 Å². The van der Waals surface area contributed by atoms with Crippen molar-refractivity contribution in [3.63, 3.8) is 0 Å². The number of aromatic nitrogens is 2. The van der Waals surface area contributed by atoms with Crippen LogP contribution in [0.15, 0.2) is 42.6 Å². The molecular weight excluding hydrogens is 192 g/mol. The summed E-state index contributed by atoms with van der Waals surface area (Å²) >= 11 is 0. The zero-order valence-corrected chi connectivity index (χ0v) is 7.92. The quantitative estimate of drug-likeness (QED) is 0.775. The number of anilines is 1. The number of primary amides is 1. The highest BCUT2D eigenvalue weighted by Gasteiger charge is 2.03. The third-order valence-corrected chi connectivity index (χ3v) is 1.86. The highest BCUT2D eigenvalue weighted by atomic mass is 16.1. The molecule has 0 saturated heterocycles. The monoisotopic (exact) mass is 202 g/mol. The molecule has 2 rings (SSSR count). The maximum absolute atomic E-state index is 10.8. The minimum atomic E-state index is -0.538. The maximum Gasteiger partial charge on any atom is 0.269 e. The first kappa shape index (κ1) is 9.26. The summed E-state index contributed by atoms with van der Waals surface area (Å²) in [6, 6.07) is 11.1. The van der Waals surface area contributed by atoms with Crippen molar-refractivity contribution in [2.24, 2.45) is 5.73 Å². The summed E-state index contributed by atoms with van der Waals surface area (Å²) in [5, 5.41) is 3.94. The Balaban J connectivity index is 2.15. The topological polar surface area (TPSA) is 72.9 Å². The van der Waals surface area contributed by atoms with Crippen LogP contribution in [0.1, 0.15) is 10.5 Å². The molecule has 0 unspecified atom stereocenters. The number of nitrogens with one attached hydrogen (secondary N) is 1. The lowest BCUT2D eigenvalue weighted by Gasteiger charge is -2.04. The average molecular weight is 202 g/mol. The smallest absolute Gasteiger partial charge is 0.269 e. The lowest BCUT2D eigenvalue weighted by atomic mass is 10.3. The lowest BCUT2D eigenvalue weighted by Crippen LogP contribution is -2.15. The second kappa shape index (κ2) is 3.83. The Kier molecular flexibility index (Phi) is 2.37. The molecule has 0 radical (unpaired) electrons. The van der Waals surface area contributed by atoms with Crippen molar-refractivity contribution < 1.29 is 4.79 Å². The summed E-state index contributed by atoms with van der Waals surface area (Å²) in [5.74, 6) is -0.538. The van der Waals surface area contributed by atoms with Crippen molar-refractivity contribution in [3.8, 4) is 0 Å². The van der Waals surface area contributed by atoms with Crippen molar-refractivity contribution in [2.45, 2.75) is 0 Å². The zero-order chi connectivity index (χ0) is 10.7. The molecular formula is C10H10N4O. The fourth-order valence-electron chi connectivity index (χ4n) is 1.16. The standard InChI is InChI=1S/C10H10N4O/c11-10(15)9-6-7-14(13-9)12-8-4-2-1-3-5-8/h1-7,12H,(H2,11,15). The normalized spacial score (nSPS) is 9.87. The molecule has 1 aromatic heterocycles. The fourth-order valence-corrected chi connectivity index (χ4v) is 1.16.